The topological polar surface area (TPSA) is 57.9 Å². The molecular weight excluding hydrogens is 392 g/mol. The second-order valence-corrected chi connectivity index (χ2v) is 10.8. The third-order valence-corrected chi connectivity index (χ3v) is 8.42. The molecule has 2 fully saturated rings. The summed E-state index contributed by atoms with van der Waals surface area (Å²) in [5, 5.41) is 2.08. The van der Waals surface area contributed by atoms with Crippen molar-refractivity contribution in [3.63, 3.8) is 0 Å². The number of sulfone groups is 1. The van der Waals surface area contributed by atoms with Crippen LogP contribution >= 0.6 is 11.3 Å². The van der Waals surface area contributed by atoms with Gasteiger partial charge in [-0.05, 0) is 6.42 Å². The third kappa shape index (κ3) is 3.50. The molecule has 28 heavy (non-hydrogen) atoms. The molecule has 6 nitrogen and oxygen atoms in total. The van der Waals surface area contributed by atoms with Gasteiger partial charge >= 0.3 is 0 Å². The van der Waals surface area contributed by atoms with E-state index >= 15 is 0 Å². The number of thiazole rings is 1. The number of rotatable bonds is 4. The highest BCUT2D eigenvalue weighted by Crippen LogP contribution is 2.28. The Kier molecular flexibility index (Phi) is 4.74. The van der Waals surface area contributed by atoms with E-state index in [1.54, 1.807) is 11.3 Å². The van der Waals surface area contributed by atoms with Crippen molar-refractivity contribution in [2.24, 2.45) is 0 Å². The number of fused-ring (bicyclic) bond motifs is 1. The van der Waals surface area contributed by atoms with Crippen molar-refractivity contribution in [3.05, 3.63) is 47.6 Å². The number of piperazine rings is 1. The Morgan fingerprint density at radius 1 is 1.11 bits per heavy atom. The summed E-state index contributed by atoms with van der Waals surface area (Å²) in [5.41, 5.74) is 3.46. The third-order valence-electron chi connectivity index (χ3n) is 5.91. The van der Waals surface area contributed by atoms with E-state index in [1.165, 1.54) is 5.69 Å². The summed E-state index contributed by atoms with van der Waals surface area (Å²) in [6.07, 6.45) is 2.90. The van der Waals surface area contributed by atoms with Crippen LogP contribution in [-0.2, 0) is 16.4 Å². The molecule has 3 aromatic rings. The van der Waals surface area contributed by atoms with Crippen LogP contribution in [-0.4, -0.2) is 71.3 Å². The zero-order valence-corrected chi connectivity index (χ0v) is 17.3. The highest BCUT2D eigenvalue weighted by atomic mass is 32.2. The minimum Gasteiger partial charge on any atom is -0.297 e. The Morgan fingerprint density at radius 2 is 1.89 bits per heavy atom. The number of hydrogen-bond acceptors (Lipinski definition) is 6. The summed E-state index contributed by atoms with van der Waals surface area (Å²) in [5.74, 6) is 0.688. The SMILES string of the molecule is O=S1(=O)CC[C@H](N2CCN(Cc3c(-c4ccccc4)nc4sccn34)CC2)C1. The number of hydrogen-bond donors (Lipinski definition) is 0. The van der Waals surface area contributed by atoms with Gasteiger partial charge in [-0.1, -0.05) is 30.3 Å². The molecule has 1 aromatic carbocycles. The normalized spacial score (nSPS) is 23.5. The molecule has 8 heteroatoms. The molecule has 0 N–H and O–H groups in total. The molecule has 0 spiro atoms. The van der Waals surface area contributed by atoms with Gasteiger partial charge < -0.3 is 0 Å². The highest BCUT2D eigenvalue weighted by molar-refractivity contribution is 7.91. The molecule has 2 aromatic heterocycles. The quantitative estimate of drug-likeness (QED) is 0.654. The van der Waals surface area contributed by atoms with E-state index in [0.717, 1.165) is 55.4 Å². The van der Waals surface area contributed by atoms with Gasteiger partial charge in [0, 0.05) is 55.9 Å². The van der Waals surface area contributed by atoms with Crippen molar-refractivity contribution < 1.29 is 8.42 Å². The molecular formula is C20H24N4O2S2. The van der Waals surface area contributed by atoms with Crippen molar-refractivity contribution in [1.29, 1.82) is 0 Å². The Morgan fingerprint density at radius 3 is 2.61 bits per heavy atom. The van der Waals surface area contributed by atoms with E-state index in [2.05, 4.69) is 50.0 Å². The van der Waals surface area contributed by atoms with Gasteiger partial charge in [0.1, 0.15) is 0 Å². The average molecular weight is 417 g/mol. The fraction of sp³-hybridized carbons (Fsp3) is 0.450. The molecule has 5 rings (SSSR count). The van der Waals surface area contributed by atoms with Crippen molar-refractivity contribution in [3.8, 4) is 11.3 Å². The van der Waals surface area contributed by atoms with Crippen LogP contribution in [0.2, 0.25) is 0 Å². The molecule has 2 saturated heterocycles. The van der Waals surface area contributed by atoms with Crippen molar-refractivity contribution in [1.82, 2.24) is 19.2 Å². The molecule has 148 valence electrons. The van der Waals surface area contributed by atoms with Gasteiger partial charge in [0.05, 0.1) is 22.9 Å². The summed E-state index contributed by atoms with van der Waals surface area (Å²) in [4.78, 5) is 10.7. The summed E-state index contributed by atoms with van der Waals surface area (Å²) in [6, 6.07) is 10.6. The van der Waals surface area contributed by atoms with Gasteiger partial charge in [-0.3, -0.25) is 14.2 Å². The van der Waals surface area contributed by atoms with Crippen LogP contribution in [0.4, 0.5) is 0 Å². The molecule has 0 unspecified atom stereocenters. The Hall–Kier alpha value is -1.74. The van der Waals surface area contributed by atoms with Crippen LogP contribution in [0.3, 0.4) is 0 Å². The number of benzene rings is 1. The molecule has 0 amide bonds. The van der Waals surface area contributed by atoms with Crippen LogP contribution in [0.25, 0.3) is 16.2 Å². The maximum Gasteiger partial charge on any atom is 0.194 e. The van der Waals surface area contributed by atoms with E-state index in [1.807, 2.05) is 6.07 Å². The Balaban J connectivity index is 1.32. The standard InChI is InChI=1S/C20H24N4O2S2/c25-28(26)13-6-17(15-28)23-9-7-22(8-10-23)14-18-19(16-4-2-1-3-5-16)21-20-24(18)11-12-27-20/h1-5,11-12,17H,6-10,13-15H2/t17-/m0/s1. The van der Waals surface area contributed by atoms with Crippen molar-refractivity contribution >= 4 is 26.1 Å². The lowest BCUT2D eigenvalue weighted by Crippen LogP contribution is -2.50. The summed E-state index contributed by atoms with van der Waals surface area (Å²) < 4.78 is 25.8. The highest BCUT2D eigenvalue weighted by Gasteiger charge is 2.33. The van der Waals surface area contributed by atoms with E-state index in [-0.39, 0.29) is 6.04 Å². The zero-order valence-electron chi connectivity index (χ0n) is 15.7. The molecule has 4 heterocycles. The number of imidazole rings is 1. The lowest BCUT2D eigenvalue weighted by Gasteiger charge is -2.37. The predicted octanol–water partition coefficient (Wildman–Crippen LogP) is 2.37. The van der Waals surface area contributed by atoms with Crippen molar-refractivity contribution in [2.75, 3.05) is 37.7 Å². The minimum absolute atomic E-state index is 0.213. The van der Waals surface area contributed by atoms with Crippen molar-refractivity contribution in [2.45, 2.75) is 19.0 Å². The lowest BCUT2D eigenvalue weighted by molar-refractivity contribution is 0.0992. The molecule has 1 atom stereocenters. The van der Waals surface area contributed by atoms with Gasteiger partial charge in [0.15, 0.2) is 14.8 Å². The van der Waals surface area contributed by atoms with E-state index in [9.17, 15) is 8.42 Å². The van der Waals surface area contributed by atoms with Crippen LogP contribution in [0.15, 0.2) is 41.9 Å². The first-order chi connectivity index (χ1) is 13.6. The zero-order chi connectivity index (χ0) is 19.1. The molecule has 0 aliphatic carbocycles. The second kappa shape index (κ2) is 7.26. The monoisotopic (exact) mass is 416 g/mol. The molecule has 2 aliphatic heterocycles. The van der Waals surface area contributed by atoms with E-state index in [0.29, 0.717) is 11.5 Å². The van der Waals surface area contributed by atoms with Crippen LogP contribution in [0, 0.1) is 0 Å². The Labute approximate surface area is 169 Å². The Bertz CT molecular complexity index is 1070. The van der Waals surface area contributed by atoms with Crippen LogP contribution in [0.5, 0.6) is 0 Å². The first-order valence-electron chi connectivity index (χ1n) is 9.76. The van der Waals surface area contributed by atoms with E-state index in [4.69, 9.17) is 4.98 Å². The van der Waals surface area contributed by atoms with Gasteiger partial charge in [0.25, 0.3) is 0 Å². The molecule has 0 radical (unpaired) electrons. The minimum atomic E-state index is -2.82. The first-order valence-corrected chi connectivity index (χ1v) is 12.5. The maximum absolute atomic E-state index is 11.8. The van der Waals surface area contributed by atoms with Crippen LogP contribution < -0.4 is 0 Å². The van der Waals surface area contributed by atoms with Gasteiger partial charge in [-0.2, -0.15) is 0 Å². The number of nitrogens with zero attached hydrogens (tertiary/aromatic N) is 4. The lowest BCUT2D eigenvalue weighted by atomic mass is 10.1. The van der Waals surface area contributed by atoms with Gasteiger partial charge in [-0.15, -0.1) is 11.3 Å². The first kappa shape index (κ1) is 18.3. The fourth-order valence-corrected chi connectivity index (χ4v) is 6.87. The summed E-state index contributed by atoms with van der Waals surface area (Å²) in [6.45, 7) is 4.65. The average Bonchev–Trinajstić information content (AvgIpc) is 3.39. The smallest absolute Gasteiger partial charge is 0.194 e. The maximum atomic E-state index is 11.8. The largest absolute Gasteiger partial charge is 0.297 e. The van der Waals surface area contributed by atoms with Gasteiger partial charge in [0.2, 0.25) is 0 Å². The predicted molar refractivity (Wildman–Crippen MR) is 112 cm³/mol. The van der Waals surface area contributed by atoms with Gasteiger partial charge in [-0.25, -0.2) is 13.4 Å². The number of aromatic nitrogens is 2. The molecule has 0 saturated carbocycles. The summed E-state index contributed by atoms with van der Waals surface area (Å²) >= 11 is 1.66. The second-order valence-electron chi connectivity index (χ2n) is 7.70. The molecule has 2 aliphatic rings. The summed E-state index contributed by atoms with van der Waals surface area (Å²) in [7, 11) is -2.82. The van der Waals surface area contributed by atoms with Crippen LogP contribution in [0.1, 0.15) is 12.1 Å². The molecule has 0 bridgehead atoms. The van der Waals surface area contributed by atoms with E-state index < -0.39 is 9.84 Å². The fourth-order valence-electron chi connectivity index (χ4n) is 4.37.